The van der Waals surface area contributed by atoms with Gasteiger partial charge in [0.2, 0.25) is 5.91 Å². The Bertz CT molecular complexity index is 170. The van der Waals surface area contributed by atoms with Crippen LogP contribution >= 0.6 is 0 Å². The molecule has 0 rings (SSSR count). The Hall–Kier alpha value is -0.610. The van der Waals surface area contributed by atoms with Crippen LogP contribution in [0.25, 0.3) is 0 Å². The number of nitrogens with one attached hydrogen (secondary N) is 1. The van der Waals surface area contributed by atoms with Gasteiger partial charge in [-0.3, -0.25) is 4.79 Å². The maximum atomic E-state index is 11.3. The van der Waals surface area contributed by atoms with Crippen LogP contribution in [-0.4, -0.2) is 31.2 Å². The van der Waals surface area contributed by atoms with Crippen LogP contribution in [0.1, 0.15) is 40.0 Å². The summed E-state index contributed by atoms with van der Waals surface area (Å²) in [7, 11) is 0. The van der Waals surface area contributed by atoms with Gasteiger partial charge in [0, 0.05) is 19.0 Å². The van der Waals surface area contributed by atoms with Crippen LogP contribution in [0.2, 0.25) is 0 Å². The number of hydrogen-bond acceptors (Lipinski definition) is 3. The van der Waals surface area contributed by atoms with E-state index in [4.69, 9.17) is 10.5 Å². The van der Waals surface area contributed by atoms with Crippen molar-refractivity contribution < 1.29 is 9.53 Å². The number of nitrogens with two attached hydrogens (primary N) is 1. The average Bonchev–Trinajstić information content (AvgIpc) is 2.11. The predicted octanol–water partition coefficient (Wildman–Crippen LogP) is 1.05. The number of carbonyl (C=O) groups excluding carboxylic acids is 1. The van der Waals surface area contributed by atoms with Crippen molar-refractivity contribution >= 4 is 5.91 Å². The van der Waals surface area contributed by atoms with E-state index in [1.807, 2.05) is 20.8 Å². The third-order valence-corrected chi connectivity index (χ3v) is 1.94. The van der Waals surface area contributed by atoms with Crippen LogP contribution in [-0.2, 0) is 9.53 Å². The molecular formula is C11H24N2O2. The molecule has 3 N–H and O–H groups in total. The van der Waals surface area contributed by atoms with E-state index < -0.39 is 0 Å². The lowest BCUT2D eigenvalue weighted by Gasteiger charge is -2.09. The van der Waals surface area contributed by atoms with Crippen molar-refractivity contribution in [1.82, 2.24) is 5.32 Å². The van der Waals surface area contributed by atoms with E-state index >= 15 is 0 Å². The number of carbonyl (C=O) groups is 1. The van der Waals surface area contributed by atoms with Gasteiger partial charge in [-0.15, -0.1) is 0 Å². The van der Waals surface area contributed by atoms with Gasteiger partial charge in [-0.25, -0.2) is 0 Å². The largest absolute Gasteiger partial charge is 0.377 e. The molecule has 0 radical (unpaired) electrons. The van der Waals surface area contributed by atoms with E-state index in [1.165, 1.54) is 0 Å². The summed E-state index contributed by atoms with van der Waals surface area (Å²) in [4.78, 5) is 11.3. The highest BCUT2D eigenvalue weighted by Crippen LogP contribution is 1.97. The van der Waals surface area contributed by atoms with Crippen LogP contribution in [0.4, 0.5) is 0 Å². The summed E-state index contributed by atoms with van der Waals surface area (Å²) >= 11 is 0. The van der Waals surface area contributed by atoms with Crippen molar-refractivity contribution in [3.63, 3.8) is 0 Å². The molecule has 90 valence electrons. The standard InChI is InChI=1S/C11H24N2O2/c1-9(2)15-8-7-13-11(14)6-4-5-10(3)12/h9-10H,4-8,12H2,1-3H3,(H,13,14). The van der Waals surface area contributed by atoms with Gasteiger partial charge in [0.15, 0.2) is 0 Å². The zero-order valence-electron chi connectivity index (χ0n) is 10.1. The fourth-order valence-electron chi connectivity index (χ4n) is 1.16. The average molecular weight is 216 g/mol. The fraction of sp³-hybridized carbons (Fsp3) is 0.909. The third-order valence-electron chi connectivity index (χ3n) is 1.94. The van der Waals surface area contributed by atoms with Crippen molar-refractivity contribution in [3.05, 3.63) is 0 Å². The lowest BCUT2D eigenvalue weighted by Crippen LogP contribution is -2.28. The van der Waals surface area contributed by atoms with Crippen molar-refractivity contribution in [2.75, 3.05) is 13.2 Å². The minimum absolute atomic E-state index is 0.0861. The smallest absolute Gasteiger partial charge is 0.220 e. The second-order valence-corrected chi connectivity index (χ2v) is 4.14. The van der Waals surface area contributed by atoms with E-state index in [0.29, 0.717) is 19.6 Å². The van der Waals surface area contributed by atoms with Gasteiger partial charge in [-0.05, 0) is 33.6 Å². The second kappa shape index (κ2) is 8.68. The van der Waals surface area contributed by atoms with E-state index in [1.54, 1.807) is 0 Å². The van der Waals surface area contributed by atoms with E-state index in [0.717, 1.165) is 12.8 Å². The number of amides is 1. The highest BCUT2D eigenvalue weighted by atomic mass is 16.5. The van der Waals surface area contributed by atoms with Crippen LogP contribution in [0.3, 0.4) is 0 Å². The Balaban J connectivity index is 3.26. The summed E-state index contributed by atoms with van der Waals surface area (Å²) in [5.74, 6) is 0.0861. The minimum atomic E-state index is 0.0861. The third kappa shape index (κ3) is 11.3. The first-order chi connectivity index (χ1) is 7.02. The molecule has 1 amide bonds. The zero-order valence-corrected chi connectivity index (χ0v) is 10.1. The normalized spacial score (nSPS) is 12.9. The van der Waals surface area contributed by atoms with Gasteiger partial charge in [0.1, 0.15) is 0 Å². The molecule has 15 heavy (non-hydrogen) atoms. The SMILES string of the molecule is CC(N)CCCC(=O)NCCOC(C)C. The van der Waals surface area contributed by atoms with Crippen molar-refractivity contribution in [3.8, 4) is 0 Å². The van der Waals surface area contributed by atoms with Gasteiger partial charge >= 0.3 is 0 Å². The molecule has 0 fully saturated rings. The first kappa shape index (κ1) is 14.4. The molecule has 1 unspecified atom stereocenters. The Morgan fingerprint density at radius 3 is 2.60 bits per heavy atom. The maximum Gasteiger partial charge on any atom is 0.220 e. The Kier molecular flexibility index (Phi) is 8.33. The van der Waals surface area contributed by atoms with Crippen molar-refractivity contribution in [2.24, 2.45) is 5.73 Å². The van der Waals surface area contributed by atoms with Crippen LogP contribution in [0.5, 0.6) is 0 Å². The lowest BCUT2D eigenvalue weighted by molar-refractivity contribution is -0.121. The summed E-state index contributed by atoms with van der Waals surface area (Å²) in [6, 6.07) is 0.182. The summed E-state index contributed by atoms with van der Waals surface area (Å²) in [5, 5.41) is 2.81. The molecule has 1 atom stereocenters. The van der Waals surface area contributed by atoms with Crippen molar-refractivity contribution in [1.29, 1.82) is 0 Å². The first-order valence-electron chi connectivity index (χ1n) is 5.66. The van der Waals surface area contributed by atoms with Gasteiger partial charge in [-0.2, -0.15) is 0 Å². The van der Waals surface area contributed by atoms with Crippen LogP contribution in [0, 0.1) is 0 Å². The number of hydrogen-bond donors (Lipinski definition) is 2. The topological polar surface area (TPSA) is 64.4 Å². The predicted molar refractivity (Wildman–Crippen MR) is 61.6 cm³/mol. The molecule has 0 aliphatic carbocycles. The molecule has 0 saturated heterocycles. The number of rotatable bonds is 8. The first-order valence-corrected chi connectivity index (χ1v) is 5.66. The summed E-state index contributed by atoms with van der Waals surface area (Å²) in [6.45, 7) is 7.08. The molecule has 0 heterocycles. The van der Waals surface area contributed by atoms with Gasteiger partial charge < -0.3 is 15.8 Å². The molecule has 0 aromatic rings. The summed E-state index contributed by atoms with van der Waals surface area (Å²) in [5.41, 5.74) is 5.58. The fourth-order valence-corrected chi connectivity index (χ4v) is 1.16. The number of ether oxygens (including phenoxy) is 1. The van der Waals surface area contributed by atoms with Crippen LogP contribution in [0.15, 0.2) is 0 Å². The molecule has 0 saturated carbocycles. The Labute approximate surface area is 92.6 Å². The zero-order chi connectivity index (χ0) is 11.7. The van der Waals surface area contributed by atoms with Crippen molar-refractivity contribution in [2.45, 2.75) is 52.2 Å². The van der Waals surface area contributed by atoms with Gasteiger partial charge in [0.25, 0.3) is 0 Å². The van der Waals surface area contributed by atoms with Crippen LogP contribution < -0.4 is 11.1 Å². The van der Waals surface area contributed by atoms with Gasteiger partial charge in [0.05, 0.1) is 12.7 Å². The Morgan fingerprint density at radius 1 is 1.40 bits per heavy atom. The molecule has 0 bridgehead atoms. The van der Waals surface area contributed by atoms with E-state index in [2.05, 4.69) is 5.32 Å². The molecule has 4 heteroatoms. The summed E-state index contributed by atoms with van der Waals surface area (Å²) in [6.07, 6.45) is 2.54. The lowest BCUT2D eigenvalue weighted by atomic mass is 10.1. The van der Waals surface area contributed by atoms with Gasteiger partial charge in [-0.1, -0.05) is 0 Å². The molecule has 4 nitrogen and oxygen atoms in total. The molecule has 0 aromatic heterocycles. The second-order valence-electron chi connectivity index (χ2n) is 4.14. The molecule has 0 aliphatic rings. The molecule has 0 aliphatic heterocycles. The maximum absolute atomic E-state index is 11.3. The summed E-state index contributed by atoms with van der Waals surface area (Å²) < 4.78 is 5.30. The Morgan fingerprint density at radius 2 is 2.07 bits per heavy atom. The molecule has 0 aromatic carbocycles. The highest BCUT2D eigenvalue weighted by Gasteiger charge is 2.02. The van der Waals surface area contributed by atoms with E-state index in [9.17, 15) is 4.79 Å². The monoisotopic (exact) mass is 216 g/mol. The highest BCUT2D eigenvalue weighted by molar-refractivity contribution is 5.75. The molecular weight excluding hydrogens is 192 g/mol. The quantitative estimate of drug-likeness (QED) is 0.596. The minimum Gasteiger partial charge on any atom is -0.377 e. The molecule has 0 spiro atoms. The van der Waals surface area contributed by atoms with E-state index in [-0.39, 0.29) is 18.1 Å².